The SMILES string of the molecule is CC(=O)O[C@@]12CO[C@@H]1C[C@H](O)[C@@]1(C)C(=O)[C@H](OC(=O)C3CC3)C3=C(C)[C@@H](OC(=O)[C@H](OC(=O)Cc4ccccc4SSC(C)C(=O)NCCNc4nc(NCCOCCOCCOCCNC(=O)CCCC[C@@H]5SC[C@@H]6NC(=O)N[C@@H]65)nc(NCc5cn(CCOCCOCCOCCF)nn5)n4)[C@H](C=C(C)C)NC(=O)OC(C)(C)C)C[C@@](O)([C@@H](OC(=O)c4ccccc4)[C@H]21)C3(C)C. The van der Waals surface area contributed by atoms with Crippen LogP contribution >= 0.6 is 33.3 Å². The van der Waals surface area contributed by atoms with Crippen LogP contribution in [0.2, 0.25) is 0 Å². The molecule has 5 amide bonds. The largest absolute Gasteiger partial charge is 0.455 e. The van der Waals surface area contributed by atoms with E-state index >= 15 is 9.59 Å². The molecule has 732 valence electrons. The lowest BCUT2D eigenvalue weighted by Crippen LogP contribution is -2.82. The number of rotatable bonds is 53. The molecule has 2 aromatic heterocycles. The van der Waals surface area contributed by atoms with Gasteiger partial charge in [-0.1, -0.05) is 95.1 Å². The number of nitrogens with zero attached hydrogens (tertiary/aromatic N) is 6. The second-order valence-corrected chi connectivity index (χ2v) is 39.4. The summed E-state index contributed by atoms with van der Waals surface area (Å²) in [4.78, 5) is 156. The Morgan fingerprint density at radius 1 is 0.774 bits per heavy atom. The number of thioether (sulfide) groups is 1. The molecule has 3 saturated carbocycles. The lowest BCUT2D eigenvalue weighted by molar-refractivity contribution is -0.346. The average molecular weight is 1920 g/mol. The Bertz CT molecular complexity index is 4700. The van der Waals surface area contributed by atoms with Crippen molar-refractivity contribution in [2.75, 3.05) is 140 Å². The number of urea groups is 1. The quantitative estimate of drug-likeness (QED) is 0.00550. The number of amides is 5. The van der Waals surface area contributed by atoms with Gasteiger partial charge in [-0.05, 0) is 116 Å². The molecule has 43 heteroatoms. The third-order valence-corrected chi connectivity index (χ3v) is 28.4. The fourth-order valence-corrected chi connectivity index (χ4v) is 20.9. The number of alkyl carbamates (subject to hydrolysis) is 1. The number of hydrogen-bond donors (Lipinski definition) is 10. The third-order valence-electron chi connectivity index (χ3n) is 24.0. The van der Waals surface area contributed by atoms with E-state index in [4.69, 9.17) is 61.6 Å². The summed E-state index contributed by atoms with van der Waals surface area (Å²) in [6, 6.07) is 13.3. The number of aromatic nitrogens is 6. The molecule has 4 aromatic rings. The number of benzene rings is 2. The minimum Gasteiger partial charge on any atom is -0.455 e. The fourth-order valence-electron chi connectivity index (χ4n) is 17.1. The minimum atomic E-state index is -2.54. The fraction of sp³-hybridized carbons (Fsp3) is 0.656. The number of unbranched alkanes of at least 4 members (excludes halogenated alkanes) is 1. The summed E-state index contributed by atoms with van der Waals surface area (Å²) in [5.41, 5.74) is -7.88. The number of carbonyl (C=O) groups excluding carboxylic acids is 10. The molecule has 39 nitrogen and oxygen atoms in total. The van der Waals surface area contributed by atoms with Crippen LogP contribution in [-0.2, 0) is 115 Å². The van der Waals surface area contributed by atoms with Gasteiger partial charge in [-0.2, -0.15) is 26.7 Å². The van der Waals surface area contributed by atoms with Gasteiger partial charge in [0.05, 0.1) is 164 Å². The maximum Gasteiger partial charge on any atom is 0.408 e. The molecule has 5 heterocycles. The molecule has 3 saturated heterocycles. The summed E-state index contributed by atoms with van der Waals surface area (Å²) < 4.78 is 90.9. The first-order chi connectivity index (χ1) is 63.6. The number of anilines is 3. The summed E-state index contributed by atoms with van der Waals surface area (Å²) in [7, 11) is 2.39. The van der Waals surface area contributed by atoms with Crippen LogP contribution in [0, 0.1) is 22.7 Å². The molecule has 10 N–H and O–H groups in total. The van der Waals surface area contributed by atoms with E-state index < -0.39 is 149 Å². The van der Waals surface area contributed by atoms with Crippen molar-refractivity contribution in [1.82, 2.24) is 56.5 Å². The summed E-state index contributed by atoms with van der Waals surface area (Å²) >= 11 is 1.86. The molecular weight excluding hydrogens is 1790 g/mol. The summed E-state index contributed by atoms with van der Waals surface area (Å²) in [6.07, 6.45) is -5.65. The van der Waals surface area contributed by atoms with E-state index in [0.29, 0.717) is 132 Å². The Hall–Kier alpha value is -9.41. The Balaban J connectivity index is 0.715. The molecule has 1 unspecified atom stereocenters. The number of allylic oxidation sites excluding steroid dienone is 1. The van der Waals surface area contributed by atoms with Crippen molar-refractivity contribution in [3.63, 3.8) is 0 Å². The van der Waals surface area contributed by atoms with Crippen LogP contribution in [-0.4, -0.2) is 306 Å². The second-order valence-electron chi connectivity index (χ2n) is 35.6. The number of Topliss-reactive ketones (excluding diaryl/α,β-unsaturated/α-hetero) is 1. The highest BCUT2D eigenvalue weighted by molar-refractivity contribution is 8.77. The van der Waals surface area contributed by atoms with Crippen LogP contribution in [0.3, 0.4) is 0 Å². The molecule has 2 aromatic carbocycles. The van der Waals surface area contributed by atoms with Crippen LogP contribution in [0.15, 0.2) is 88.5 Å². The minimum absolute atomic E-state index is 0.0147. The molecule has 0 spiro atoms. The van der Waals surface area contributed by atoms with Gasteiger partial charge in [-0.15, -0.1) is 5.10 Å². The predicted octanol–water partition coefficient (Wildman–Crippen LogP) is 6.68. The first-order valence-corrected chi connectivity index (χ1v) is 48.4. The topological polar surface area (TPSA) is 497 Å². The van der Waals surface area contributed by atoms with Gasteiger partial charge in [0.1, 0.15) is 41.9 Å². The number of halogens is 1. The number of ether oxygens (including phenoxy) is 13. The summed E-state index contributed by atoms with van der Waals surface area (Å²) in [5, 5.41) is 59.0. The number of alkyl halides is 1. The molecule has 11 rings (SSSR count). The highest BCUT2D eigenvalue weighted by Crippen LogP contribution is 2.65. The van der Waals surface area contributed by atoms with E-state index in [1.54, 1.807) is 109 Å². The normalized spacial score (nSPS) is 24.5. The standard InChI is InChI=1S/C90H127FN14O25S3/c1-53(2)45-61(98-85(116)130-86(6,7)8)72(80(114)125-63-48-90(117)76(128-79(113)57-19-13-12-14-20-57)74-88(11,66(107)47-67-89(74,52-124-67)129-56(5)106)75(110)73(127-78(112)58-25-26-58)70(54(63)3)87(90,9)10)126-69(109)46-59-21-15-16-22-64(59)133-132-55(4)77(111)93-28-29-94-81-100-82(102-83(101-81)96-49-60-50-105(104-103-60)32-36-121-40-44-122-41-37-118-33-27-91)95-31-35-120-39-43-123-42-38-119-34-30-92-68(108)24-18-17-23-65-71-62(51-131-65)97-84(115)99-71/h12-16,19-22,45,50,55,58,61-63,65-67,71-74,76,107,117H,17-18,23-44,46-49,51-52H2,1-11H3,(H,92,108)(H,93,111)(H,98,116)(H2,97,99,115)(H3,94,95,96,100,101,102)/t55?,61-,62-,63-,65-,66-,67+,71-,72+,73+,74-,76-,88+,89-,90+/m0/s1. The zero-order valence-electron chi connectivity index (χ0n) is 77.1. The molecule has 7 aliphatic rings. The monoisotopic (exact) mass is 1920 g/mol. The van der Waals surface area contributed by atoms with E-state index in [-0.39, 0.29) is 110 Å². The average Bonchev–Trinajstić information content (AvgIpc) is 1.40. The number of esters is 5. The van der Waals surface area contributed by atoms with Crippen molar-refractivity contribution in [1.29, 1.82) is 0 Å². The predicted molar refractivity (Wildman–Crippen MR) is 486 cm³/mol. The Labute approximate surface area is 784 Å². The Morgan fingerprint density at radius 3 is 2.08 bits per heavy atom. The molecule has 0 radical (unpaired) electrons. The lowest BCUT2D eigenvalue weighted by Gasteiger charge is -2.67. The first kappa shape index (κ1) is 104. The number of carbonyl (C=O) groups is 10. The number of nitrogens with one attached hydrogen (secondary N) is 8. The van der Waals surface area contributed by atoms with Crippen molar-refractivity contribution < 1.29 is 124 Å². The van der Waals surface area contributed by atoms with Gasteiger partial charge in [0.15, 0.2) is 17.5 Å². The number of aliphatic hydroxyl groups excluding tert-OH is 1. The van der Waals surface area contributed by atoms with Crippen molar-refractivity contribution in [3.8, 4) is 0 Å². The zero-order chi connectivity index (χ0) is 95.6. The van der Waals surface area contributed by atoms with Gasteiger partial charge in [0.2, 0.25) is 35.8 Å². The molecule has 4 aliphatic carbocycles. The van der Waals surface area contributed by atoms with Crippen molar-refractivity contribution in [2.24, 2.45) is 22.7 Å². The highest BCUT2D eigenvalue weighted by Gasteiger charge is 2.79. The van der Waals surface area contributed by atoms with Crippen molar-refractivity contribution in [2.45, 2.75) is 234 Å². The summed E-state index contributed by atoms with van der Waals surface area (Å²) in [6.45, 7) is 21.2. The van der Waals surface area contributed by atoms with Gasteiger partial charge in [0, 0.05) is 73.7 Å². The van der Waals surface area contributed by atoms with Crippen molar-refractivity contribution in [3.05, 3.63) is 100 Å². The number of ketones is 1. The van der Waals surface area contributed by atoms with Gasteiger partial charge >= 0.3 is 42.0 Å². The van der Waals surface area contributed by atoms with Gasteiger partial charge in [-0.25, -0.2) is 28.3 Å². The maximum absolute atomic E-state index is 16.3. The lowest BCUT2D eigenvalue weighted by atomic mass is 9.44. The van der Waals surface area contributed by atoms with E-state index in [9.17, 15) is 53.0 Å². The molecule has 15 atom stereocenters. The van der Waals surface area contributed by atoms with E-state index in [1.165, 1.54) is 53.6 Å². The van der Waals surface area contributed by atoms with Crippen molar-refractivity contribution >= 4 is 111 Å². The first-order valence-electron chi connectivity index (χ1n) is 45.1. The molecule has 133 heavy (non-hydrogen) atoms. The number of fused-ring (bicyclic) bond motifs is 6. The zero-order valence-corrected chi connectivity index (χ0v) is 79.6. The molecule has 6 fully saturated rings. The third kappa shape index (κ3) is 28.4. The van der Waals surface area contributed by atoms with Crippen LogP contribution in [0.1, 0.15) is 149 Å². The smallest absolute Gasteiger partial charge is 0.408 e. The van der Waals surface area contributed by atoms with Crippen LogP contribution in [0.5, 0.6) is 0 Å². The molecule has 2 bridgehead atoms. The van der Waals surface area contributed by atoms with Gasteiger partial charge in [-0.3, -0.25) is 28.8 Å². The van der Waals surface area contributed by atoms with E-state index in [2.05, 4.69) is 67.8 Å². The molecule has 3 aliphatic heterocycles. The Morgan fingerprint density at radius 2 is 1.42 bits per heavy atom. The van der Waals surface area contributed by atoms with E-state index in [1.807, 2.05) is 11.8 Å². The molecular formula is C90H127FN14O25S3. The highest BCUT2D eigenvalue weighted by atomic mass is 33.1. The maximum atomic E-state index is 16.3. The van der Waals surface area contributed by atoms with Gasteiger partial charge < -0.3 is 114 Å². The second kappa shape index (κ2) is 48.9. The van der Waals surface area contributed by atoms with Crippen LogP contribution in [0.4, 0.5) is 31.8 Å². The van der Waals surface area contributed by atoms with Crippen LogP contribution in [0.25, 0.3) is 0 Å². The van der Waals surface area contributed by atoms with E-state index in [0.717, 1.165) is 31.9 Å². The Kier molecular flexibility index (Phi) is 38.2. The number of hydrogen-bond acceptors (Lipinski definition) is 36. The number of aliphatic hydroxyl groups is 2. The summed E-state index contributed by atoms with van der Waals surface area (Å²) in [5.74, 6) is -6.92. The van der Waals surface area contributed by atoms with Crippen LogP contribution < -0.4 is 42.5 Å². The van der Waals surface area contributed by atoms with Gasteiger partial charge in [0.25, 0.3) is 0 Å².